The molecule has 0 saturated carbocycles. The highest BCUT2D eigenvalue weighted by atomic mass is 32.1. The average Bonchev–Trinajstić information content (AvgIpc) is 3.14. The molecule has 28 heavy (non-hydrogen) atoms. The summed E-state index contributed by atoms with van der Waals surface area (Å²) in [5, 5.41) is 4.94. The SMILES string of the molecule is COc1ccc(C(=O)Nc2nc(CC(=O)N3CCC(C(N)=O)CC3)cs2)cc1. The van der Waals surface area contributed by atoms with E-state index in [9.17, 15) is 14.4 Å². The predicted octanol–water partition coefficient (Wildman–Crippen LogP) is 1.67. The number of ether oxygens (including phenoxy) is 1. The Morgan fingerprint density at radius 3 is 2.54 bits per heavy atom. The van der Waals surface area contributed by atoms with E-state index in [1.807, 2.05) is 0 Å². The summed E-state index contributed by atoms with van der Waals surface area (Å²) in [6.07, 6.45) is 1.36. The quantitative estimate of drug-likeness (QED) is 0.763. The van der Waals surface area contributed by atoms with Crippen molar-refractivity contribution in [1.29, 1.82) is 0 Å². The van der Waals surface area contributed by atoms with Gasteiger partial charge in [-0.2, -0.15) is 0 Å². The number of methoxy groups -OCH3 is 1. The number of hydrogen-bond acceptors (Lipinski definition) is 6. The molecule has 2 heterocycles. The molecule has 0 radical (unpaired) electrons. The maximum atomic E-state index is 12.4. The molecular weight excluding hydrogens is 380 g/mol. The van der Waals surface area contributed by atoms with Crippen molar-refractivity contribution in [3.8, 4) is 5.75 Å². The van der Waals surface area contributed by atoms with Crippen LogP contribution in [0.2, 0.25) is 0 Å². The molecule has 0 bridgehead atoms. The van der Waals surface area contributed by atoms with Gasteiger partial charge in [-0.3, -0.25) is 19.7 Å². The standard InChI is InChI=1S/C19H22N4O4S/c1-27-15-4-2-13(3-5-15)18(26)22-19-21-14(11-28-19)10-16(24)23-8-6-12(7-9-23)17(20)25/h2-5,11-12H,6-10H2,1H3,(H2,20,25)(H,21,22,26). The number of aromatic nitrogens is 1. The summed E-state index contributed by atoms with van der Waals surface area (Å²) in [5.41, 5.74) is 6.42. The highest BCUT2D eigenvalue weighted by molar-refractivity contribution is 7.14. The maximum Gasteiger partial charge on any atom is 0.257 e. The molecule has 148 valence electrons. The van der Waals surface area contributed by atoms with Crippen LogP contribution in [0, 0.1) is 5.92 Å². The first-order valence-corrected chi connectivity index (χ1v) is 9.81. The number of likely N-dealkylation sites (tertiary alicyclic amines) is 1. The number of rotatable bonds is 6. The van der Waals surface area contributed by atoms with E-state index < -0.39 is 0 Å². The van der Waals surface area contributed by atoms with Gasteiger partial charge in [0.2, 0.25) is 11.8 Å². The van der Waals surface area contributed by atoms with Crippen LogP contribution in [0.1, 0.15) is 28.9 Å². The Hall–Kier alpha value is -2.94. The van der Waals surface area contributed by atoms with Crippen molar-refractivity contribution in [2.24, 2.45) is 11.7 Å². The zero-order valence-electron chi connectivity index (χ0n) is 15.5. The summed E-state index contributed by atoms with van der Waals surface area (Å²) in [6, 6.07) is 6.76. The average molecular weight is 402 g/mol. The van der Waals surface area contributed by atoms with Gasteiger partial charge in [0.15, 0.2) is 5.13 Å². The summed E-state index contributed by atoms with van der Waals surface area (Å²) in [6.45, 7) is 1.05. The number of hydrogen-bond donors (Lipinski definition) is 2. The van der Waals surface area contributed by atoms with Crippen LogP contribution < -0.4 is 15.8 Å². The minimum atomic E-state index is -0.302. The topological polar surface area (TPSA) is 115 Å². The van der Waals surface area contributed by atoms with Gasteiger partial charge in [-0.05, 0) is 37.1 Å². The van der Waals surface area contributed by atoms with Crippen molar-refractivity contribution < 1.29 is 19.1 Å². The molecule has 0 atom stereocenters. The fourth-order valence-corrected chi connectivity index (χ4v) is 3.74. The van der Waals surface area contributed by atoms with E-state index in [1.165, 1.54) is 11.3 Å². The normalized spacial score (nSPS) is 14.5. The number of benzene rings is 1. The van der Waals surface area contributed by atoms with Crippen LogP contribution in [0.15, 0.2) is 29.6 Å². The van der Waals surface area contributed by atoms with E-state index in [4.69, 9.17) is 10.5 Å². The molecule has 0 aliphatic carbocycles. The van der Waals surface area contributed by atoms with Gasteiger partial charge in [0.05, 0.1) is 19.2 Å². The Morgan fingerprint density at radius 2 is 1.93 bits per heavy atom. The molecule has 1 aromatic carbocycles. The van der Waals surface area contributed by atoms with Gasteiger partial charge in [-0.25, -0.2) is 4.98 Å². The van der Waals surface area contributed by atoms with E-state index in [-0.39, 0.29) is 30.1 Å². The zero-order valence-corrected chi connectivity index (χ0v) is 16.3. The van der Waals surface area contributed by atoms with E-state index in [2.05, 4.69) is 10.3 Å². The minimum Gasteiger partial charge on any atom is -0.497 e. The second-order valence-electron chi connectivity index (χ2n) is 6.56. The Morgan fingerprint density at radius 1 is 1.25 bits per heavy atom. The number of nitrogens with zero attached hydrogens (tertiary/aromatic N) is 2. The number of amides is 3. The second-order valence-corrected chi connectivity index (χ2v) is 7.42. The van der Waals surface area contributed by atoms with Crippen LogP contribution in [0.25, 0.3) is 0 Å². The number of nitrogens with one attached hydrogen (secondary N) is 1. The smallest absolute Gasteiger partial charge is 0.257 e. The van der Waals surface area contributed by atoms with E-state index >= 15 is 0 Å². The van der Waals surface area contributed by atoms with Crippen LogP contribution in [0.4, 0.5) is 5.13 Å². The third kappa shape index (κ3) is 4.86. The molecule has 3 rings (SSSR count). The van der Waals surface area contributed by atoms with E-state index in [0.717, 1.165) is 0 Å². The van der Waals surface area contributed by atoms with E-state index in [1.54, 1.807) is 41.7 Å². The number of anilines is 1. The van der Waals surface area contributed by atoms with Crippen LogP contribution >= 0.6 is 11.3 Å². The lowest BCUT2D eigenvalue weighted by Crippen LogP contribution is -2.42. The van der Waals surface area contributed by atoms with Crippen LogP contribution in [-0.4, -0.2) is 47.8 Å². The molecule has 1 aliphatic rings. The Balaban J connectivity index is 1.53. The molecule has 1 saturated heterocycles. The summed E-state index contributed by atoms with van der Waals surface area (Å²) < 4.78 is 5.07. The van der Waals surface area contributed by atoms with Gasteiger partial charge in [-0.1, -0.05) is 0 Å². The number of thiazole rings is 1. The molecule has 9 heteroatoms. The zero-order chi connectivity index (χ0) is 20.1. The fourth-order valence-electron chi connectivity index (χ4n) is 3.04. The molecule has 1 aromatic heterocycles. The number of nitrogens with two attached hydrogens (primary N) is 1. The van der Waals surface area contributed by atoms with Crippen LogP contribution in [0.3, 0.4) is 0 Å². The molecule has 0 spiro atoms. The second kappa shape index (κ2) is 8.83. The van der Waals surface area contributed by atoms with Gasteiger partial charge in [0.25, 0.3) is 5.91 Å². The van der Waals surface area contributed by atoms with E-state index in [0.29, 0.717) is 48.1 Å². The molecule has 8 nitrogen and oxygen atoms in total. The van der Waals surface area contributed by atoms with Crippen LogP contribution in [0.5, 0.6) is 5.75 Å². The van der Waals surface area contributed by atoms with Crippen LogP contribution in [-0.2, 0) is 16.0 Å². The van der Waals surface area contributed by atoms with Crippen molar-refractivity contribution in [1.82, 2.24) is 9.88 Å². The van der Waals surface area contributed by atoms with Gasteiger partial charge in [0.1, 0.15) is 5.75 Å². The number of carbonyl (C=O) groups excluding carboxylic acids is 3. The number of primary amides is 1. The van der Waals surface area contributed by atoms with Crippen molar-refractivity contribution in [2.75, 3.05) is 25.5 Å². The molecule has 0 unspecified atom stereocenters. The monoisotopic (exact) mass is 402 g/mol. The molecule has 2 aromatic rings. The summed E-state index contributed by atoms with van der Waals surface area (Å²) in [4.78, 5) is 42.0. The first-order valence-electron chi connectivity index (χ1n) is 8.93. The third-order valence-electron chi connectivity index (χ3n) is 4.71. The largest absolute Gasteiger partial charge is 0.497 e. The first-order chi connectivity index (χ1) is 13.5. The van der Waals surface area contributed by atoms with Gasteiger partial charge >= 0.3 is 0 Å². The summed E-state index contributed by atoms with van der Waals surface area (Å²) in [5.74, 6) is -0.0944. The van der Waals surface area contributed by atoms with Gasteiger partial charge in [-0.15, -0.1) is 11.3 Å². The predicted molar refractivity (Wildman–Crippen MR) is 105 cm³/mol. The highest BCUT2D eigenvalue weighted by Gasteiger charge is 2.26. The van der Waals surface area contributed by atoms with Crippen molar-refractivity contribution in [2.45, 2.75) is 19.3 Å². The lowest BCUT2D eigenvalue weighted by Gasteiger charge is -2.30. The number of piperidine rings is 1. The van der Waals surface area contributed by atoms with Crippen molar-refractivity contribution in [3.05, 3.63) is 40.9 Å². The first kappa shape index (κ1) is 19.8. The summed E-state index contributed by atoms with van der Waals surface area (Å²) in [7, 11) is 1.56. The molecule has 3 amide bonds. The molecular formula is C19H22N4O4S. The minimum absolute atomic E-state index is 0.0405. The lowest BCUT2D eigenvalue weighted by molar-refractivity contribution is -0.134. The van der Waals surface area contributed by atoms with Crippen molar-refractivity contribution in [3.63, 3.8) is 0 Å². The lowest BCUT2D eigenvalue weighted by atomic mass is 9.96. The highest BCUT2D eigenvalue weighted by Crippen LogP contribution is 2.20. The molecule has 3 N–H and O–H groups in total. The Bertz CT molecular complexity index is 857. The third-order valence-corrected chi connectivity index (χ3v) is 5.51. The Kier molecular flexibility index (Phi) is 6.25. The maximum absolute atomic E-state index is 12.4. The molecule has 1 aliphatic heterocycles. The summed E-state index contributed by atoms with van der Waals surface area (Å²) >= 11 is 1.27. The van der Waals surface area contributed by atoms with Gasteiger partial charge in [0, 0.05) is 30.0 Å². The van der Waals surface area contributed by atoms with Crippen molar-refractivity contribution >= 4 is 34.2 Å². The fraction of sp³-hybridized carbons (Fsp3) is 0.368. The molecule has 1 fully saturated rings. The van der Waals surface area contributed by atoms with Gasteiger partial charge < -0.3 is 15.4 Å². The number of carbonyl (C=O) groups is 3. The Labute approximate surface area is 166 Å².